The fourth-order valence-electron chi connectivity index (χ4n) is 10.6. The predicted molar refractivity (Wildman–Crippen MR) is 419 cm³/mol. The van der Waals surface area contributed by atoms with Crippen molar-refractivity contribution in [3.05, 3.63) is 189 Å². The van der Waals surface area contributed by atoms with Crippen molar-refractivity contribution in [2.24, 2.45) is 0 Å². The summed E-state index contributed by atoms with van der Waals surface area (Å²) < 4.78 is 56.0. The molecule has 0 radical (unpaired) electrons. The van der Waals surface area contributed by atoms with E-state index in [1.165, 1.54) is 68.3 Å². The standard InChI is InChI=1S/3C26H27N3O5S.C2H4O2/c3*1-4-6-9-14-33-21-13-12-18(15-22(21)32-5-2)16-23-25(31)29-26(35-23)27-24(28-29)19-10-7-8-11-20(19)34-17(3)30;1-2(3)4/h3*7-8,10-13,15-16H,4-6,9,14H2,1-3H3;1H3,(H,3,4)/b3*23-16-;. The number of carbonyl (C=O) groups excluding carboxylic acids is 3. The molecule has 0 aliphatic heterocycles. The third kappa shape index (κ3) is 22.5. The fourth-order valence-corrected chi connectivity index (χ4v) is 13.3. The van der Waals surface area contributed by atoms with Gasteiger partial charge in [0.1, 0.15) is 17.2 Å². The number of para-hydroxylation sites is 3. The second-order valence-corrected chi connectivity index (χ2v) is 27.0. The minimum absolute atomic E-state index is 0.272. The quantitative estimate of drug-likeness (QED) is 0.0248. The first kappa shape index (κ1) is 81.4. The summed E-state index contributed by atoms with van der Waals surface area (Å²) in [5, 5.41) is 20.5. The van der Waals surface area contributed by atoms with Crippen LogP contribution in [0.15, 0.2) is 142 Å². The molecule has 0 unspecified atom stereocenters. The van der Waals surface area contributed by atoms with E-state index < -0.39 is 23.9 Å². The molecule has 6 aromatic carbocycles. The van der Waals surface area contributed by atoms with Crippen LogP contribution in [0.25, 0.3) is 67.3 Å². The highest BCUT2D eigenvalue weighted by molar-refractivity contribution is 7.15. The van der Waals surface area contributed by atoms with Gasteiger partial charge in [-0.3, -0.25) is 33.6 Å². The Balaban J connectivity index is 0.000000184. The average Bonchev–Trinajstić information content (AvgIpc) is 1.64. The third-order valence-corrected chi connectivity index (χ3v) is 18.3. The Kier molecular flexibility index (Phi) is 30.1. The van der Waals surface area contributed by atoms with Crippen molar-refractivity contribution in [2.75, 3.05) is 39.6 Å². The molecule has 12 rings (SSSR count). The number of aliphatic carboxylic acids is 1. The van der Waals surface area contributed by atoms with E-state index in [2.05, 4.69) is 51.0 Å². The summed E-state index contributed by atoms with van der Waals surface area (Å²) in [4.78, 5) is 97.2. The van der Waals surface area contributed by atoms with Crippen LogP contribution in [0.5, 0.6) is 51.7 Å². The molecule has 0 amide bonds. The molecule has 570 valence electrons. The van der Waals surface area contributed by atoms with Crippen molar-refractivity contribution in [2.45, 2.75) is 127 Å². The molecule has 6 heterocycles. The van der Waals surface area contributed by atoms with Crippen LogP contribution in [0.4, 0.5) is 0 Å². The van der Waals surface area contributed by atoms with Crippen LogP contribution in [-0.2, 0) is 19.2 Å². The number of rotatable bonds is 30. The summed E-state index contributed by atoms with van der Waals surface area (Å²) in [6, 6.07) is 37.8. The van der Waals surface area contributed by atoms with Gasteiger partial charge in [0, 0.05) is 27.7 Å². The van der Waals surface area contributed by atoms with E-state index in [0.717, 1.165) is 81.4 Å². The van der Waals surface area contributed by atoms with E-state index in [4.69, 9.17) is 52.5 Å². The Morgan fingerprint density at radius 2 is 0.633 bits per heavy atom. The average molecular weight is 1540 g/mol. The molecule has 1 N–H and O–H groups in total. The van der Waals surface area contributed by atoms with Crippen LogP contribution in [-0.4, -0.2) is 112 Å². The van der Waals surface area contributed by atoms with Crippen LogP contribution in [0.3, 0.4) is 0 Å². The number of carbonyl (C=O) groups is 4. The number of aromatic nitrogens is 9. The van der Waals surface area contributed by atoms with Crippen molar-refractivity contribution in [1.82, 2.24) is 43.8 Å². The third-order valence-electron chi connectivity index (χ3n) is 15.4. The van der Waals surface area contributed by atoms with Gasteiger partial charge in [-0.15, -0.1) is 15.3 Å². The Morgan fingerprint density at radius 3 is 0.872 bits per heavy atom. The highest BCUT2D eigenvalue weighted by atomic mass is 32.1. The monoisotopic (exact) mass is 1540 g/mol. The molecule has 0 spiro atoms. The number of hydrogen-bond donors (Lipinski definition) is 1. The highest BCUT2D eigenvalue weighted by Crippen LogP contribution is 2.34. The van der Waals surface area contributed by atoms with Gasteiger partial charge >= 0.3 is 17.9 Å². The largest absolute Gasteiger partial charge is 0.490 e. The van der Waals surface area contributed by atoms with Gasteiger partial charge < -0.3 is 47.7 Å². The van der Waals surface area contributed by atoms with E-state index >= 15 is 0 Å². The van der Waals surface area contributed by atoms with Gasteiger partial charge in [-0.2, -0.15) is 28.5 Å². The first-order valence-corrected chi connectivity index (χ1v) is 38.1. The van der Waals surface area contributed by atoms with Crippen molar-refractivity contribution < 1.29 is 66.9 Å². The number of ether oxygens (including phenoxy) is 9. The summed E-state index contributed by atoms with van der Waals surface area (Å²) in [5.74, 6) is 3.87. The lowest BCUT2D eigenvalue weighted by atomic mass is 10.2. The second kappa shape index (κ2) is 40.3. The first-order valence-electron chi connectivity index (χ1n) is 35.7. The Hall–Kier alpha value is -11.7. The molecule has 6 aromatic heterocycles. The fraction of sp³-hybridized carbons (Fsp3) is 0.312. The zero-order valence-corrected chi connectivity index (χ0v) is 64.6. The summed E-state index contributed by atoms with van der Waals surface area (Å²) in [7, 11) is 0. The number of carboxylic acids is 1. The summed E-state index contributed by atoms with van der Waals surface area (Å²) in [6.07, 6.45) is 15.1. The Morgan fingerprint density at radius 1 is 0.367 bits per heavy atom. The van der Waals surface area contributed by atoms with E-state index in [9.17, 15) is 28.8 Å². The number of nitrogens with zero attached hydrogens (tertiary/aromatic N) is 9. The van der Waals surface area contributed by atoms with E-state index in [0.29, 0.717) is 154 Å². The van der Waals surface area contributed by atoms with Crippen LogP contribution in [0, 0.1) is 0 Å². The molecule has 12 aromatic rings. The van der Waals surface area contributed by atoms with Gasteiger partial charge in [-0.05, 0) is 148 Å². The van der Waals surface area contributed by atoms with E-state index in [1.54, 1.807) is 91.0 Å². The molecular weight excluding hydrogens is 1460 g/mol. The van der Waals surface area contributed by atoms with Crippen LogP contribution < -0.4 is 72.9 Å². The molecular formula is C80H85N9O17S3. The molecule has 26 nitrogen and oxygen atoms in total. The molecule has 0 saturated carbocycles. The Labute approximate surface area is 639 Å². The highest BCUT2D eigenvalue weighted by Gasteiger charge is 2.21. The minimum atomic E-state index is -0.833. The predicted octanol–water partition coefficient (Wildman–Crippen LogP) is 12.9. The zero-order chi connectivity index (χ0) is 77.9. The SMILES string of the molecule is CC(=O)O.CCCCCOc1ccc(/C=c2\sc3nc(-c4ccccc4OC(C)=O)nn3c2=O)cc1OCC.CCCCCOc1ccc(/C=c2\sc3nc(-c4ccccc4OC(C)=O)nn3c2=O)cc1OCC.CCCCCOc1ccc(/C=c2\sc3nc(-c4ccccc4OC(C)=O)nn3c2=O)cc1OCC. The number of esters is 3. The molecule has 0 saturated heterocycles. The first-order chi connectivity index (χ1) is 52.7. The van der Waals surface area contributed by atoms with Crippen LogP contribution in [0.1, 0.15) is 144 Å². The Bertz CT molecular complexity index is 4970. The van der Waals surface area contributed by atoms with Gasteiger partial charge in [-0.25, -0.2) is 0 Å². The zero-order valence-electron chi connectivity index (χ0n) is 62.2. The van der Waals surface area contributed by atoms with Gasteiger partial charge in [-0.1, -0.05) is 148 Å². The smallest absolute Gasteiger partial charge is 0.308 e. The second-order valence-electron chi connectivity index (χ2n) is 24.0. The van der Waals surface area contributed by atoms with Gasteiger partial charge in [0.15, 0.2) is 52.0 Å². The normalized spacial score (nSPS) is 11.5. The van der Waals surface area contributed by atoms with Crippen LogP contribution >= 0.6 is 34.0 Å². The number of thiazole rings is 3. The maximum Gasteiger partial charge on any atom is 0.308 e. The topological polar surface area (TPSA) is 313 Å². The van der Waals surface area contributed by atoms with Crippen molar-refractivity contribution >= 4 is 91.0 Å². The number of hydrogen-bond acceptors (Lipinski definition) is 25. The molecule has 0 aliphatic carbocycles. The molecule has 29 heteroatoms. The van der Waals surface area contributed by atoms with Crippen molar-refractivity contribution in [3.63, 3.8) is 0 Å². The lowest BCUT2D eigenvalue weighted by Gasteiger charge is -2.12. The van der Waals surface area contributed by atoms with Gasteiger partial charge in [0.2, 0.25) is 14.9 Å². The van der Waals surface area contributed by atoms with Gasteiger partial charge in [0.05, 0.1) is 69.9 Å². The lowest BCUT2D eigenvalue weighted by molar-refractivity contribution is -0.135. The maximum absolute atomic E-state index is 13.0. The molecule has 0 aliphatic rings. The number of unbranched alkanes of at least 4 members (excludes halogenated alkanes) is 6. The maximum atomic E-state index is 13.0. The number of benzene rings is 6. The van der Waals surface area contributed by atoms with Crippen molar-refractivity contribution in [1.29, 1.82) is 0 Å². The molecule has 0 atom stereocenters. The molecule has 0 bridgehead atoms. The molecule has 109 heavy (non-hydrogen) atoms. The van der Waals surface area contributed by atoms with Gasteiger partial charge in [0.25, 0.3) is 22.6 Å². The van der Waals surface area contributed by atoms with Crippen LogP contribution in [0.2, 0.25) is 0 Å². The minimum Gasteiger partial charge on any atom is -0.490 e. The number of carboxylic acid groups (broad SMARTS) is 1. The lowest BCUT2D eigenvalue weighted by Crippen LogP contribution is -2.23. The summed E-state index contributed by atoms with van der Waals surface area (Å²) >= 11 is 3.71. The summed E-state index contributed by atoms with van der Waals surface area (Å²) in [6.45, 7) is 20.7. The molecule has 0 fully saturated rings. The van der Waals surface area contributed by atoms with E-state index in [1.807, 2.05) is 75.4 Å². The van der Waals surface area contributed by atoms with Crippen molar-refractivity contribution in [3.8, 4) is 85.9 Å². The summed E-state index contributed by atoms with van der Waals surface area (Å²) in [5.41, 5.74) is 3.26. The van der Waals surface area contributed by atoms with E-state index in [-0.39, 0.29) is 16.7 Å². The number of fused-ring (bicyclic) bond motifs is 3.